The van der Waals surface area contributed by atoms with Gasteiger partial charge in [0.2, 0.25) is 0 Å². The molecule has 0 aromatic heterocycles. The molecule has 0 unspecified atom stereocenters. The van der Waals surface area contributed by atoms with Crippen molar-refractivity contribution in [2.75, 3.05) is 14.1 Å². The Morgan fingerprint density at radius 2 is 2.13 bits per heavy atom. The number of hydrogen-bond acceptors (Lipinski definition) is 3. The monoisotopic (exact) mass is 209 g/mol. The number of carboxylic acid groups (broad SMARTS) is 1. The van der Waals surface area contributed by atoms with Gasteiger partial charge in [0.15, 0.2) is 5.75 Å². The molecule has 0 heterocycles. The maximum absolute atomic E-state index is 10.9. The van der Waals surface area contributed by atoms with Crippen LogP contribution in [0.25, 0.3) is 0 Å². The SMILES string of the molecule is CCc1ccc(C(=O)O)c(ON(C)C)c1. The van der Waals surface area contributed by atoms with Crippen LogP contribution < -0.4 is 4.84 Å². The number of hydrogen-bond donors (Lipinski definition) is 1. The number of carbonyl (C=O) groups is 1. The van der Waals surface area contributed by atoms with Crippen molar-refractivity contribution >= 4 is 5.97 Å². The molecule has 0 saturated heterocycles. The van der Waals surface area contributed by atoms with E-state index in [1.807, 2.05) is 6.92 Å². The summed E-state index contributed by atoms with van der Waals surface area (Å²) in [6.45, 7) is 2.01. The molecular formula is C11H15NO3. The molecule has 1 N–H and O–H groups in total. The fraction of sp³-hybridized carbons (Fsp3) is 0.364. The Balaban J connectivity index is 3.10. The summed E-state index contributed by atoms with van der Waals surface area (Å²) < 4.78 is 0. The highest BCUT2D eigenvalue weighted by Crippen LogP contribution is 2.21. The first-order valence-electron chi connectivity index (χ1n) is 4.76. The van der Waals surface area contributed by atoms with Crippen LogP contribution in [0.15, 0.2) is 18.2 Å². The zero-order valence-corrected chi connectivity index (χ0v) is 9.15. The second-order valence-electron chi connectivity index (χ2n) is 3.39. The van der Waals surface area contributed by atoms with Crippen molar-refractivity contribution in [3.8, 4) is 5.75 Å². The number of aryl methyl sites for hydroxylation is 1. The molecule has 1 aromatic rings. The third-order valence-electron chi connectivity index (χ3n) is 1.97. The predicted octanol–water partition coefficient (Wildman–Crippen LogP) is 1.80. The van der Waals surface area contributed by atoms with Crippen molar-refractivity contribution < 1.29 is 14.7 Å². The van der Waals surface area contributed by atoms with E-state index >= 15 is 0 Å². The molecule has 4 nitrogen and oxygen atoms in total. The van der Waals surface area contributed by atoms with Crippen LogP contribution in [0.1, 0.15) is 22.8 Å². The Morgan fingerprint density at radius 1 is 1.47 bits per heavy atom. The van der Waals surface area contributed by atoms with Gasteiger partial charge >= 0.3 is 5.97 Å². The summed E-state index contributed by atoms with van der Waals surface area (Å²) >= 11 is 0. The standard InChI is InChI=1S/C11H15NO3/c1-4-8-5-6-9(11(13)14)10(7-8)15-12(2)3/h5-7H,4H2,1-3H3,(H,13,14). The lowest BCUT2D eigenvalue weighted by Gasteiger charge is -2.14. The van der Waals surface area contributed by atoms with E-state index in [4.69, 9.17) is 9.94 Å². The second-order valence-corrected chi connectivity index (χ2v) is 3.39. The summed E-state index contributed by atoms with van der Waals surface area (Å²) in [4.78, 5) is 16.2. The van der Waals surface area contributed by atoms with Crippen molar-refractivity contribution in [2.45, 2.75) is 13.3 Å². The highest BCUT2D eigenvalue weighted by atomic mass is 16.7. The van der Waals surface area contributed by atoms with Gasteiger partial charge in [-0.05, 0) is 24.1 Å². The maximum atomic E-state index is 10.9. The molecule has 0 amide bonds. The van der Waals surface area contributed by atoms with Gasteiger partial charge in [-0.3, -0.25) is 0 Å². The minimum absolute atomic E-state index is 0.181. The summed E-state index contributed by atoms with van der Waals surface area (Å²) in [6, 6.07) is 5.12. The summed E-state index contributed by atoms with van der Waals surface area (Å²) in [5, 5.41) is 10.4. The van der Waals surface area contributed by atoms with Crippen molar-refractivity contribution in [1.29, 1.82) is 0 Å². The fourth-order valence-corrected chi connectivity index (χ4v) is 1.24. The van der Waals surface area contributed by atoms with Crippen LogP contribution in [-0.4, -0.2) is 30.2 Å². The summed E-state index contributed by atoms with van der Waals surface area (Å²) in [5.41, 5.74) is 1.23. The van der Waals surface area contributed by atoms with Crippen LogP contribution in [0.2, 0.25) is 0 Å². The molecular weight excluding hydrogens is 194 g/mol. The van der Waals surface area contributed by atoms with Crippen molar-refractivity contribution in [2.24, 2.45) is 0 Å². The molecule has 0 radical (unpaired) electrons. The highest BCUT2D eigenvalue weighted by molar-refractivity contribution is 5.90. The lowest BCUT2D eigenvalue weighted by atomic mass is 10.1. The Hall–Kier alpha value is -1.55. The third kappa shape index (κ3) is 2.95. The first-order chi connectivity index (χ1) is 7.04. The van der Waals surface area contributed by atoms with Gasteiger partial charge in [-0.15, -0.1) is 0 Å². The van der Waals surface area contributed by atoms with Gasteiger partial charge in [0.25, 0.3) is 0 Å². The van der Waals surface area contributed by atoms with E-state index in [2.05, 4.69) is 0 Å². The van der Waals surface area contributed by atoms with E-state index in [0.717, 1.165) is 12.0 Å². The van der Waals surface area contributed by atoms with Gasteiger partial charge in [-0.25, -0.2) is 4.79 Å². The largest absolute Gasteiger partial charge is 0.478 e. The molecule has 4 heteroatoms. The van der Waals surface area contributed by atoms with Crippen LogP contribution in [-0.2, 0) is 6.42 Å². The van der Waals surface area contributed by atoms with Gasteiger partial charge < -0.3 is 9.94 Å². The molecule has 82 valence electrons. The number of rotatable bonds is 4. The summed E-state index contributed by atoms with van der Waals surface area (Å²) in [7, 11) is 3.43. The second kappa shape index (κ2) is 4.79. The fourth-order valence-electron chi connectivity index (χ4n) is 1.24. The first kappa shape index (κ1) is 11.5. The van der Waals surface area contributed by atoms with E-state index in [9.17, 15) is 4.79 Å². The molecule has 1 rings (SSSR count). The Labute approximate surface area is 89.0 Å². The summed E-state index contributed by atoms with van der Waals surface area (Å²) in [5.74, 6) is -0.596. The van der Waals surface area contributed by atoms with Crippen LogP contribution in [0.5, 0.6) is 5.75 Å². The number of hydroxylamine groups is 2. The molecule has 0 saturated carbocycles. The molecule has 0 aliphatic heterocycles. The zero-order valence-electron chi connectivity index (χ0n) is 9.15. The van der Waals surface area contributed by atoms with Gasteiger partial charge in [-0.2, -0.15) is 5.06 Å². The van der Waals surface area contributed by atoms with Crippen LogP contribution in [0, 0.1) is 0 Å². The molecule has 0 aliphatic rings. The van der Waals surface area contributed by atoms with E-state index in [0.29, 0.717) is 5.75 Å². The predicted molar refractivity (Wildman–Crippen MR) is 57.1 cm³/mol. The normalized spacial score (nSPS) is 10.4. The maximum Gasteiger partial charge on any atom is 0.339 e. The van der Waals surface area contributed by atoms with Gasteiger partial charge in [0.1, 0.15) is 5.56 Å². The smallest absolute Gasteiger partial charge is 0.339 e. The Kier molecular flexibility index (Phi) is 3.68. The molecule has 0 atom stereocenters. The molecule has 0 fully saturated rings. The number of benzene rings is 1. The van der Waals surface area contributed by atoms with Crippen molar-refractivity contribution in [1.82, 2.24) is 5.06 Å². The minimum Gasteiger partial charge on any atom is -0.478 e. The highest BCUT2D eigenvalue weighted by Gasteiger charge is 2.12. The van der Waals surface area contributed by atoms with Crippen molar-refractivity contribution in [3.05, 3.63) is 29.3 Å². The number of nitrogens with zero attached hydrogens (tertiary/aromatic N) is 1. The number of carboxylic acids is 1. The van der Waals surface area contributed by atoms with Gasteiger partial charge in [-0.1, -0.05) is 13.0 Å². The molecule has 0 spiro atoms. The Morgan fingerprint density at radius 3 is 2.60 bits per heavy atom. The average molecular weight is 209 g/mol. The minimum atomic E-state index is -0.977. The van der Waals surface area contributed by atoms with Crippen LogP contribution in [0.4, 0.5) is 0 Å². The average Bonchev–Trinajstić information content (AvgIpc) is 2.16. The lowest BCUT2D eigenvalue weighted by molar-refractivity contribution is -0.00472. The van der Waals surface area contributed by atoms with E-state index in [1.165, 1.54) is 5.06 Å². The zero-order chi connectivity index (χ0) is 11.4. The van der Waals surface area contributed by atoms with E-state index in [1.54, 1.807) is 32.3 Å². The van der Waals surface area contributed by atoms with E-state index < -0.39 is 5.97 Å². The molecule has 15 heavy (non-hydrogen) atoms. The quantitative estimate of drug-likeness (QED) is 0.768. The Bertz CT molecular complexity index is 361. The topological polar surface area (TPSA) is 49.8 Å². The van der Waals surface area contributed by atoms with Gasteiger partial charge in [0, 0.05) is 14.1 Å². The third-order valence-corrected chi connectivity index (χ3v) is 1.97. The van der Waals surface area contributed by atoms with Gasteiger partial charge in [0.05, 0.1) is 0 Å². The van der Waals surface area contributed by atoms with Crippen LogP contribution >= 0.6 is 0 Å². The molecule has 1 aromatic carbocycles. The van der Waals surface area contributed by atoms with Crippen molar-refractivity contribution in [3.63, 3.8) is 0 Å². The summed E-state index contributed by atoms with van der Waals surface area (Å²) in [6.07, 6.45) is 0.851. The lowest BCUT2D eigenvalue weighted by Crippen LogP contribution is -2.18. The van der Waals surface area contributed by atoms with Crippen LogP contribution in [0.3, 0.4) is 0 Å². The first-order valence-corrected chi connectivity index (χ1v) is 4.76. The molecule has 0 aliphatic carbocycles. The van der Waals surface area contributed by atoms with E-state index in [-0.39, 0.29) is 5.56 Å². The molecule has 0 bridgehead atoms. The number of aromatic carboxylic acids is 1.